The van der Waals surface area contributed by atoms with Gasteiger partial charge in [-0.2, -0.15) is 0 Å². The first-order chi connectivity index (χ1) is 20.7. The van der Waals surface area contributed by atoms with Crippen molar-refractivity contribution in [2.24, 2.45) is 0 Å². The van der Waals surface area contributed by atoms with Crippen LogP contribution < -0.4 is 15.9 Å². The van der Waals surface area contributed by atoms with E-state index in [1.165, 1.54) is 0 Å². The van der Waals surface area contributed by atoms with E-state index in [1.54, 1.807) is 0 Å². The molecule has 6 aromatic carbocycles. The molecule has 0 heterocycles. The van der Waals surface area contributed by atoms with Crippen LogP contribution in [0.15, 0.2) is 133 Å². The Morgan fingerprint density at radius 3 is 1.85 bits per heavy atom. The second-order valence-electron chi connectivity index (χ2n) is 10.8. The molecule has 0 aliphatic heterocycles. The normalized spacial score (nSPS) is 17.5. The summed E-state index contributed by atoms with van der Waals surface area (Å²) in [5.41, 5.74) is 5.73. The highest BCUT2D eigenvalue weighted by Gasteiger charge is 2.34. The Balaban J connectivity index is 1.45. The van der Waals surface area contributed by atoms with Gasteiger partial charge in [0.1, 0.15) is 0 Å². The van der Waals surface area contributed by atoms with Gasteiger partial charge in [0.05, 0.1) is 0 Å². The molecule has 1 aliphatic rings. The van der Waals surface area contributed by atoms with Crippen molar-refractivity contribution < 1.29 is 8.68 Å². The summed E-state index contributed by atoms with van der Waals surface area (Å²) in [6, 6.07) is 43.7. The molecular weight excluding hydrogens is 503 g/mol. The second-order valence-corrected chi connectivity index (χ2v) is 13.6. The van der Waals surface area contributed by atoms with Crippen LogP contribution in [0.3, 0.4) is 0 Å². The SMILES string of the molecule is [2H]C([2H])([2H])C1(C)c2ccccc2-c2c(C)cc(-c3ccc(P(=O)(c4ccccc4)c4ccccc4)cc3)c3cccc1c23. The highest BCUT2D eigenvalue weighted by atomic mass is 31.2. The average Bonchev–Trinajstić information content (AvgIpc) is 3.03. The lowest BCUT2D eigenvalue weighted by atomic mass is 9.67. The summed E-state index contributed by atoms with van der Waals surface area (Å²) in [4.78, 5) is 0. The number of benzene rings is 6. The van der Waals surface area contributed by atoms with Crippen molar-refractivity contribution in [1.82, 2.24) is 0 Å². The fraction of sp³-hybridized carbons (Fsp3) is 0.105. The Kier molecular flexibility index (Phi) is 4.96. The summed E-state index contributed by atoms with van der Waals surface area (Å²) in [5, 5.41) is 4.39. The first kappa shape index (κ1) is 21.6. The molecule has 0 saturated carbocycles. The first-order valence-electron chi connectivity index (χ1n) is 15.1. The van der Waals surface area contributed by atoms with Crippen molar-refractivity contribution in [3.63, 3.8) is 0 Å². The van der Waals surface area contributed by atoms with Gasteiger partial charge in [-0.1, -0.05) is 147 Å². The molecule has 2 heteroatoms. The van der Waals surface area contributed by atoms with E-state index in [-0.39, 0.29) is 0 Å². The fourth-order valence-electron chi connectivity index (χ4n) is 6.47. The molecule has 0 saturated heterocycles. The predicted molar refractivity (Wildman–Crippen MR) is 171 cm³/mol. The van der Waals surface area contributed by atoms with Gasteiger partial charge in [0.15, 0.2) is 7.14 Å². The molecule has 0 amide bonds. The molecule has 1 unspecified atom stereocenters. The highest BCUT2D eigenvalue weighted by Crippen LogP contribution is 2.51. The quantitative estimate of drug-likeness (QED) is 0.206. The van der Waals surface area contributed by atoms with Gasteiger partial charge in [0, 0.05) is 25.4 Å². The van der Waals surface area contributed by atoms with E-state index in [9.17, 15) is 4.57 Å². The Hall–Kier alpha value is -4.19. The monoisotopic (exact) mass is 537 g/mol. The van der Waals surface area contributed by atoms with Crippen molar-refractivity contribution in [3.8, 4) is 22.3 Å². The topological polar surface area (TPSA) is 17.1 Å². The minimum absolute atomic E-state index is 0.775. The largest absolute Gasteiger partial charge is 0.309 e. The number of hydrogen-bond acceptors (Lipinski definition) is 1. The van der Waals surface area contributed by atoms with Crippen molar-refractivity contribution in [3.05, 3.63) is 150 Å². The summed E-state index contributed by atoms with van der Waals surface area (Å²) in [6.07, 6.45) is 0. The van der Waals surface area contributed by atoms with Crippen LogP contribution >= 0.6 is 7.14 Å². The maximum atomic E-state index is 14.9. The molecule has 1 atom stereocenters. The zero-order chi connectivity index (χ0) is 30.0. The first-order valence-corrected chi connectivity index (χ1v) is 15.4. The highest BCUT2D eigenvalue weighted by molar-refractivity contribution is 7.85. The molecule has 194 valence electrons. The van der Waals surface area contributed by atoms with Crippen LogP contribution in [0.5, 0.6) is 0 Å². The van der Waals surface area contributed by atoms with Crippen LogP contribution in [0.4, 0.5) is 0 Å². The van der Waals surface area contributed by atoms with Gasteiger partial charge in [0.25, 0.3) is 0 Å². The van der Waals surface area contributed by atoms with Crippen molar-refractivity contribution in [2.45, 2.75) is 26.1 Å². The van der Waals surface area contributed by atoms with Gasteiger partial charge in [-0.3, -0.25) is 0 Å². The van der Waals surface area contributed by atoms with Crippen LogP contribution in [0.2, 0.25) is 0 Å². The van der Waals surface area contributed by atoms with Gasteiger partial charge in [-0.05, 0) is 56.6 Å². The van der Waals surface area contributed by atoms with Gasteiger partial charge < -0.3 is 4.57 Å². The predicted octanol–water partition coefficient (Wildman–Crippen LogP) is 8.76. The van der Waals surface area contributed by atoms with Gasteiger partial charge >= 0.3 is 0 Å². The van der Waals surface area contributed by atoms with E-state index >= 15 is 0 Å². The van der Waals surface area contributed by atoms with Crippen molar-refractivity contribution in [2.75, 3.05) is 0 Å². The molecule has 0 fully saturated rings. The molecule has 0 N–H and O–H groups in total. The van der Waals surface area contributed by atoms with Crippen LogP contribution in [0, 0.1) is 6.92 Å². The van der Waals surface area contributed by atoms with E-state index in [4.69, 9.17) is 4.11 Å². The number of fused-ring (bicyclic) bond motifs is 2. The smallest absolute Gasteiger partial charge is 0.171 e. The molecule has 0 spiro atoms. The van der Waals surface area contributed by atoms with Crippen LogP contribution in [0.25, 0.3) is 33.0 Å². The van der Waals surface area contributed by atoms with E-state index in [0.717, 1.165) is 65.6 Å². The van der Waals surface area contributed by atoms with Crippen LogP contribution in [-0.2, 0) is 9.98 Å². The Morgan fingerprint density at radius 2 is 1.20 bits per heavy atom. The van der Waals surface area contributed by atoms with Gasteiger partial charge in [-0.25, -0.2) is 0 Å². The minimum Gasteiger partial charge on any atom is -0.309 e. The van der Waals surface area contributed by atoms with Crippen molar-refractivity contribution >= 4 is 33.8 Å². The Labute approximate surface area is 240 Å². The number of hydrogen-bond donors (Lipinski definition) is 0. The number of rotatable bonds is 4. The molecule has 7 rings (SSSR count). The van der Waals surface area contributed by atoms with Crippen LogP contribution in [0.1, 0.15) is 34.6 Å². The summed E-state index contributed by atoms with van der Waals surface area (Å²) >= 11 is 0. The fourth-order valence-corrected chi connectivity index (χ4v) is 9.12. The third kappa shape index (κ3) is 3.58. The molecule has 6 aromatic rings. The van der Waals surface area contributed by atoms with Gasteiger partial charge in [-0.15, -0.1) is 0 Å². The Morgan fingerprint density at radius 1 is 0.625 bits per heavy atom. The number of aryl methyl sites for hydroxylation is 1. The van der Waals surface area contributed by atoms with Crippen LogP contribution in [-0.4, -0.2) is 0 Å². The maximum Gasteiger partial charge on any atom is 0.171 e. The minimum atomic E-state index is -3.09. The lowest BCUT2D eigenvalue weighted by molar-refractivity contribution is 0.592. The third-order valence-corrected chi connectivity index (χ3v) is 11.5. The summed E-state index contributed by atoms with van der Waals surface area (Å²) < 4.78 is 40.9. The van der Waals surface area contributed by atoms with E-state index in [1.807, 2.05) is 110 Å². The van der Waals surface area contributed by atoms with Crippen molar-refractivity contribution in [1.29, 1.82) is 0 Å². The zero-order valence-corrected chi connectivity index (χ0v) is 23.5. The Bertz CT molecular complexity index is 2000. The molecule has 0 aromatic heterocycles. The van der Waals surface area contributed by atoms with E-state index in [0.29, 0.717) is 0 Å². The molecule has 1 nitrogen and oxygen atoms in total. The molecular formula is C38H31OP. The maximum absolute atomic E-state index is 14.9. The molecule has 40 heavy (non-hydrogen) atoms. The van der Waals surface area contributed by atoms with E-state index < -0.39 is 19.4 Å². The zero-order valence-electron chi connectivity index (χ0n) is 25.6. The third-order valence-electron chi connectivity index (χ3n) is 8.42. The summed E-state index contributed by atoms with van der Waals surface area (Å²) in [6.45, 7) is 1.73. The lowest BCUT2D eigenvalue weighted by Crippen LogP contribution is -2.24. The summed E-state index contributed by atoms with van der Waals surface area (Å²) in [5.74, 6) is 0. The molecule has 0 radical (unpaired) electrons. The van der Waals surface area contributed by atoms with Gasteiger partial charge in [0.2, 0.25) is 0 Å². The van der Waals surface area contributed by atoms with E-state index in [2.05, 4.69) is 37.3 Å². The average molecular weight is 538 g/mol. The second kappa shape index (κ2) is 9.19. The summed E-state index contributed by atoms with van der Waals surface area (Å²) in [7, 11) is -3.09. The lowest BCUT2D eigenvalue weighted by Gasteiger charge is -2.36. The molecule has 1 aliphatic carbocycles. The standard InChI is InChI=1S/C38H31OP/c1-26-25-33(31-18-12-20-35-37(31)36(26)32-17-10-11-19-34(32)38(35,2)3)27-21-23-30(24-22-27)40(39,28-13-6-4-7-14-28)29-15-8-5-9-16-29/h4-25H,1-3H3/i2D3. The molecule has 0 bridgehead atoms.